The van der Waals surface area contributed by atoms with Crippen molar-refractivity contribution in [1.82, 2.24) is 10.2 Å². The van der Waals surface area contributed by atoms with Crippen molar-refractivity contribution < 1.29 is 4.79 Å². The van der Waals surface area contributed by atoms with Gasteiger partial charge in [-0.3, -0.25) is 4.79 Å². The lowest BCUT2D eigenvalue weighted by Crippen LogP contribution is -2.20. The number of nitrogens with one attached hydrogen (secondary N) is 1. The smallest absolute Gasteiger partial charge is 0.228 e. The summed E-state index contributed by atoms with van der Waals surface area (Å²) in [6, 6.07) is 3.70. The quantitative estimate of drug-likeness (QED) is 0.837. The SMILES string of the molecule is CCCCN(C)c1ccc(NC(=O)C2CC2)nn1. The molecule has 0 aromatic carbocycles. The first-order valence-electron chi connectivity index (χ1n) is 6.56. The summed E-state index contributed by atoms with van der Waals surface area (Å²) in [6.07, 6.45) is 4.29. The molecule has 0 saturated heterocycles. The lowest BCUT2D eigenvalue weighted by Gasteiger charge is -2.16. The molecular weight excluding hydrogens is 228 g/mol. The van der Waals surface area contributed by atoms with E-state index in [0.717, 1.165) is 38.0 Å². The number of amides is 1. The molecule has 1 aliphatic rings. The molecule has 0 aliphatic heterocycles. The summed E-state index contributed by atoms with van der Waals surface area (Å²) in [7, 11) is 2.00. The van der Waals surface area contributed by atoms with E-state index in [4.69, 9.17) is 0 Å². The fraction of sp³-hybridized carbons (Fsp3) is 0.615. The summed E-state index contributed by atoms with van der Waals surface area (Å²) in [6.45, 7) is 3.13. The summed E-state index contributed by atoms with van der Waals surface area (Å²) >= 11 is 0. The van der Waals surface area contributed by atoms with Gasteiger partial charge in [0, 0.05) is 19.5 Å². The molecule has 1 aromatic heterocycles. The van der Waals surface area contributed by atoms with Crippen LogP contribution in [0.2, 0.25) is 0 Å². The monoisotopic (exact) mass is 248 g/mol. The minimum absolute atomic E-state index is 0.0661. The Labute approximate surface area is 108 Å². The van der Waals surface area contributed by atoms with Crippen molar-refractivity contribution >= 4 is 17.5 Å². The highest BCUT2D eigenvalue weighted by atomic mass is 16.2. The molecule has 1 aromatic rings. The Morgan fingerprint density at radius 1 is 1.44 bits per heavy atom. The first-order chi connectivity index (χ1) is 8.70. The van der Waals surface area contributed by atoms with E-state index in [1.54, 1.807) is 0 Å². The molecule has 1 saturated carbocycles. The topological polar surface area (TPSA) is 58.1 Å². The van der Waals surface area contributed by atoms with E-state index >= 15 is 0 Å². The fourth-order valence-electron chi connectivity index (χ4n) is 1.68. The molecule has 98 valence electrons. The number of carbonyl (C=O) groups is 1. The number of hydrogen-bond acceptors (Lipinski definition) is 4. The first-order valence-corrected chi connectivity index (χ1v) is 6.56. The Balaban J connectivity index is 1.89. The normalized spacial score (nSPS) is 14.3. The lowest BCUT2D eigenvalue weighted by atomic mass is 10.3. The van der Waals surface area contributed by atoms with Gasteiger partial charge in [0.15, 0.2) is 11.6 Å². The highest BCUT2D eigenvalue weighted by molar-refractivity contribution is 5.93. The molecule has 18 heavy (non-hydrogen) atoms. The molecule has 0 radical (unpaired) electrons. The third-order valence-electron chi connectivity index (χ3n) is 3.09. The fourth-order valence-corrected chi connectivity index (χ4v) is 1.68. The van der Waals surface area contributed by atoms with E-state index in [1.165, 1.54) is 0 Å². The predicted molar refractivity (Wildman–Crippen MR) is 71.6 cm³/mol. The molecule has 1 heterocycles. The van der Waals surface area contributed by atoms with Crippen LogP contribution in [0.3, 0.4) is 0 Å². The zero-order valence-electron chi connectivity index (χ0n) is 11.0. The molecule has 2 rings (SSSR count). The van der Waals surface area contributed by atoms with Gasteiger partial charge in [-0.25, -0.2) is 0 Å². The van der Waals surface area contributed by atoms with Gasteiger partial charge in [-0.15, -0.1) is 10.2 Å². The second-order valence-corrected chi connectivity index (χ2v) is 4.82. The van der Waals surface area contributed by atoms with Crippen LogP contribution in [0.5, 0.6) is 0 Å². The Hall–Kier alpha value is -1.65. The molecule has 0 bridgehead atoms. The third-order valence-corrected chi connectivity index (χ3v) is 3.09. The van der Waals surface area contributed by atoms with Crippen LogP contribution in [0, 0.1) is 5.92 Å². The van der Waals surface area contributed by atoms with Crippen molar-refractivity contribution in [3.8, 4) is 0 Å². The highest BCUT2D eigenvalue weighted by Gasteiger charge is 2.29. The highest BCUT2D eigenvalue weighted by Crippen LogP contribution is 2.29. The third kappa shape index (κ3) is 3.42. The van der Waals surface area contributed by atoms with E-state index in [2.05, 4.69) is 27.3 Å². The van der Waals surface area contributed by atoms with Crippen LogP contribution in [-0.2, 0) is 4.79 Å². The largest absolute Gasteiger partial charge is 0.358 e. The summed E-state index contributed by atoms with van der Waals surface area (Å²) < 4.78 is 0. The van der Waals surface area contributed by atoms with E-state index in [0.29, 0.717) is 5.82 Å². The van der Waals surface area contributed by atoms with Gasteiger partial charge in [0.05, 0.1) is 0 Å². The maximum Gasteiger partial charge on any atom is 0.228 e. The lowest BCUT2D eigenvalue weighted by molar-refractivity contribution is -0.117. The second-order valence-electron chi connectivity index (χ2n) is 4.82. The van der Waals surface area contributed by atoms with Gasteiger partial charge in [-0.05, 0) is 31.4 Å². The summed E-state index contributed by atoms with van der Waals surface area (Å²) in [5, 5.41) is 10.9. The van der Waals surface area contributed by atoms with Crippen LogP contribution in [-0.4, -0.2) is 29.7 Å². The number of hydrogen-bond donors (Lipinski definition) is 1. The van der Waals surface area contributed by atoms with Crippen LogP contribution in [0.4, 0.5) is 11.6 Å². The molecule has 1 fully saturated rings. The van der Waals surface area contributed by atoms with Crippen LogP contribution in [0.1, 0.15) is 32.6 Å². The number of rotatable bonds is 6. The molecule has 0 atom stereocenters. The number of carbonyl (C=O) groups excluding carboxylic acids is 1. The van der Waals surface area contributed by atoms with Gasteiger partial charge in [0.25, 0.3) is 0 Å². The summed E-state index contributed by atoms with van der Waals surface area (Å²) in [5.41, 5.74) is 0. The van der Waals surface area contributed by atoms with Gasteiger partial charge in [0.1, 0.15) is 0 Å². The van der Waals surface area contributed by atoms with E-state index in [9.17, 15) is 4.79 Å². The van der Waals surface area contributed by atoms with Crippen molar-refractivity contribution in [2.75, 3.05) is 23.8 Å². The number of unbranched alkanes of at least 4 members (excludes halogenated alkanes) is 1. The Kier molecular flexibility index (Phi) is 4.12. The number of aromatic nitrogens is 2. The summed E-state index contributed by atoms with van der Waals surface area (Å²) in [4.78, 5) is 13.6. The first kappa shape index (κ1) is 12.8. The van der Waals surface area contributed by atoms with Gasteiger partial charge < -0.3 is 10.2 Å². The Morgan fingerprint density at radius 2 is 2.22 bits per heavy atom. The molecule has 1 N–H and O–H groups in total. The molecular formula is C13H20N4O. The van der Waals surface area contributed by atoms with E-state index < -0.39 is 0 Å². The average molecular weight is 248 g/mol. The summed E-state index contributed by atoms with van der Waals surface area (Å²) in [5.74, 6) is 1.64. The predicted octanol–water partition coefficient (Wildman–Crippen LogP) is 2.06. The Morgan fingerprint density at radius 3 is 2.78 bits per heavy atom. The van der Waals surface area contributed by atoms with Crippen LogP contribution in [0.15, 0.2) is 12.1 Å². The maximum atomic E-state index is 11.5. The molecule has 5 heteroatoms. The van der Waals surface area contributed by atoms with Crippen molar-refractivity contribution in [2.24, 2.45) is 5.92 Å². The second kappa shape index (κ2) is 5.80. The van der Waals surface area contributed by atoms with Crippen molar-refractivity contribution in [2.45, 2.75) is 32.6 Å². The molecule has 0 spiro atoms. The molecule has 5 nitrogen and oxygen atoms in total. The van der Waals surface area contributed by atoms with Crippen molar-refractivity contribution in [3.05, 3.63) is 12.1 Å². The molecule has 1 amide bonds. The van der Waals surface area contributed by atoms with Crippen LogP contribution >= 0.6 is 0 Å². The Bertz CT molecular complexity index is 400. The van der Waals surface area contributed by atoms with E-state index in [-0.39, 0.29) is 11.8 Å². The molecule has 1 aliphatic carbocycles. The molecule has 0 unspecified atom stereocenters. The van der Waals surface area contributed by atoms with Gasteiger partial charge in [0.2, 0.25) is 5.91 Å². The van der Waals surface area contributed by atoms with Crippen molar-refractivity contribution in [1.29, 1.82) is 0 Å². The van der Waals surface area contributed by atoms with Crippen molar-refractivity contribution in [3.63, 3.8) is 0 Å². The average Bonchev–Trinajstić information content (AvgIpc) is 3.21. The minimum atomic E-state index is 0.0661. The van der Waals surface area contributed by atoms with Crippen LogP contribution < -0.4 is 10.2 Å². The van der Waals surface area contributed by atoms with Crippen LogP contribution in [0.25, 0.3) is 0 Å². The van der Waals surface area contributed by atoms with Gasteiger partial charge in [-0.2, -0.15) is 0 Å². The zero-order valence-corrected chi connectivity index (χ0v) is 11.0. The van der Waals surface area contributed by atoms with E-state index in [1.807, 2.05) is 19.2 Å². The number of nitrogens with zero attached hydrogens (tertiary/aromatic N) is 3. The van der Waals surface area contributed by atoms with Gasteiger partial charge >= 0.3 is 0 Å². The van der Waals surface area contributed by atoms with Gasteiger partial charge in [-0.1, -0.05) is 13.3 Å². The maximum absolute atomic E-state index is 11.5. The minimum Gasteiger partial charge on any atom is -0.358 e. The number of anilines is 2. The standard InChI is InChI=1S/C13H20N4O/c1-3-4-9-17(2)12-8-7-11(15-16-12)14-13(18)10-5-6-10/h7-8,10H,3-6,9H2,1-2H3,(H,14,15,18). The zero-order chi connectivity index (χ0) is 13.0.